The van der Waals surface area contributed by atoms with Crippen LogP contribution in [0, 0.1) is 5.41 Å². The van der Waals surface area contributed by atoms with Crippen LogP contribution in [0.2, 0.25) is 0 Å². The smallest absolute Gasteiger partial charge is 0.0741 e. The van der Waals surface area contributed by atoms with Crippen LogP contribution in [0.3, 0.4) is 0 Å². The Labute approximate surface area is 54.9 Å². The molecule has 0 aromatic heterocycles. The quantitative estimate of drug-likeness (QED) is 0.468. The van der Waals surface area contributed by atoms with Crippen LogP contribution in [-0.4, -0.2) is 12.5 Å². The van der Waals surface area contributed by atoms with Crippen LogP contribution in [0.15, 0.2) is 0 Å². The maximum absolute atomic E-state index is 5.54. The lowest BCUT2D eigenvalue weighted by Gasteiger charge is -2.18. The molecule has 0 spiro atoms. The average molecular weight is 138 g/mol. The molecule has 0 aromatic carbocycles. The molecule has 2 nitrogen and oxygen atoms in total. The minimum Gasteiger partial charge on any atom is -0.304 e. The second-order valence-electron chi connectivity index (χ2n) is 2.61. The number of alkyl halides is 1. The molecule has 0 fully saturated rings. The van der Waals surface area contributed by atoms with Gasteiger partial charge in [-0.15, -0.1) is 11.6 Å². The van der Waals surface area contributed by atoms with Crippen LogP contribution in [0.4, 0.5) is 0 Å². The Balaban J connectivity index is 3.37. The number of rotatable bonds is 3. The first-order valence-electron chi connectivity index (χ1n) is 2.50. The zero-order chi connectivity index (χ0) is 6.62. The van der Waals surface area contributed by atoms with E-state index in [-0.39, 0.29) is 5.41 Å². The minimum absolute atomic E-state index is 0.0102. The van der Waals surface area contributed by atoms with Crippen molar-refractivity contribution >= 4 is 11.6 Å². The molecule has 50 valence electrons. The van der Waals surface area contributed by atoms with Gasteiger partial charge in [0.15, 0.2) is 0 Å². The Hall–Kier alpha value is 0.210. The number of hydrogen-bond acceptors (Lipinski definition) is 2. The largest absolute Gasteiger partial charge is 0.304 e. The van der Waals surface area contributed by atoms with Crippen molar-refractivity contribution in [2.24, 2.45) is 11.3 Å². The SMILES string of the molecule is CC(C)(CCl)CON. The Morgan fingerprint density at radius 2 is 2.12 bits per heavy atom. The van der Waals surface area contributed by atoms with Gasteiger partial charge in [-0.2, -0.15) is 0 Å². The fourth-order valence-corrected chi connectivity index (χ4v) is 0.341. The van der Waals surface area contributed by atoms with Gasteiger partial charge in [0.2, 0.25) is 0 Å². The summed E-state index contributed by atoms with van der Waals surface area (Å²) in [5, 5.41) is 0. The molecule has 0 bridgehead atoms. The van der Waals surface area contributed by atoms with Crippen LogP contribution >= 0.6 is 11.6 Å². The molecule has 0 heterocycles. The van der Waals surface area contributed by atoms with Crippen LogP contribution in [-0.2, 0) is 4.84 Å². The van der Waals surface area contributed by atoms with Gasteiger partial charge < -0.3 is 4.84 Å². The first kappa shape index (κ1) is 8.21. The molecule has 0 saturated heterocycles. The molecule has 0 atom stereocenters. The first-order valence-corrected chi connectivity index (χ1v) is 3.03. The van der Waals surface area contributed by atoms with E-state index >= 15 is 0 Å². The predicted octanol–water partition coefficient (Wildman–Crippen LogP) is 1.14. The number of hydrogen-bond donors (Lipinski definition) is 1. The van der Waals surface area contributed by atoms with Gasteiger partial charge in [-0.1, -0.05) is 13.8 Å². The molecule has 0 aliphatic heterocycles. The Kier molecular flexibility index (Phi) is 3.36. The maximum atomic E-state index is 5.54. The van der Waals surface area contributed by atoms with Crippen molar-refractivity contribution in [1.29, 1.82) is 0 Å². The van der Waals surface area contributed by atoms with E-state index < -0.39 is 0 Å². The van der Waals surface area contributed by atoms with Crippen LogP contribution in [0.25, 0.3) is 0 Å². The molecule has 0 aliphatic carbocycles. The molecule has 0 amide bonds. The summed E-state index contributed by atoms with van der Waals surface area (Å²) in [6.45, 7) is 4.50. The second kappa shape index (κ2) is 3.28. The standard InChI is InChI=1S/C5H12ClNO/c1-5(2,3-6)4-8-7/h3-4,7H2,1-2H3. The van der Waals surface area contributed by atoms with Gasteiger partial charge in [-0.05, 0) is 0 Å². The van der Waals surface area contributed by atoms with Crippen molar-refractivity contribution < 1.29 is 4.84 Å². The summed E-state index contributed by atoms with van der Waals surface area (Å²) in [6, 6.07) is 0. The molecule has 3 heteroatoms. The molecular weight excluding hydrogens is 126 g/mol. The molecule has 0 rings (SSSR count). The van der Waals surface area contributed by atoms with Crippen molar-refractivity contribution in [2.75, 3.05) is 12.5 Å². The fraction of sp³-hybridized carbons (Fsp3) is 1.00. The zero-order valence-electron chi connectivity index (χ0n) is 5.28. The van der Waals surface area contributed by atoms with Gasteiger partial charge in [0, 0.05) is 11.3 Å². The Morgan fingerprint density at radius 1 is 1.62 bits per heavy atom. The third kappa shape index (κ3) is 3.24. The van der Waals surface area contributed by atoms with E-state index in [0.717, 1.165) is 0 Å². The van der Waals surface area contributed by atoms with E-state index in [2.05, 4.69) is 4.84 Å². The van der Waals surface area contributed by atoms with Crippen LogP contribution < -0.4 is 5.90 Å². The summed E-state index contributed by atoms with van der Waals surface area (Å²) in [7, 11) is 0. The van der Waals surface area contributed by atoms with E-state index in [1.165, 1.54) is 0 Å². The highest BCUT2D eigenvalue weighted by Crippen LogP contribution is 2.15. The zero-order valence-corrected chi connectivity index (χ0v) is 6.03. The van der Waals surface area contributed by atoms with Gasteiger partial charge in [0.25, 0.3) is 0 Å². The molecule has 0 radical (unpaired) electrons. The highest BCUT2D eigenvalue weighted by molar-refractivity contribution is 6.18. The number of halogens is 1. The van der Waals surface area contributed by atoms with Gasteiger partial charge in [0.05, 0.1) is 6.61 Å². The molecular formula is C5H12ClNO. The van der Waals surface area contributed by atoms with Gasteiger partial charge in [-0.25, -0.2) is 5.90 Å². The third-order valence-electron chi connectivity index (χ3n) is 0.836. The molecule has 0 saturated carbocycles. The fourth-order valence-electron chi connectivity index (χ4n) is 0.264. The average Bonchev–Trinajstić information content (AvgIpc) is 1.67. The first-order chi connectivity index (χ1) is 3.62. The van der Waals surface area contributed by atoms with Crippen LogP contribution in [0.1, 0.15) is 13.8 Å². The van der Waals surface area contributed by atoms with Crippen molar-refractivity contribution in [3.63, 3.8) is 0 Å². The van der Waals surface area contributed by atoms with Crippen molar-refractivity contribution in [3.05, 3.63) is 0 Å². The van der Waals surface area contributed by atoms with Crippen molar-refractivity contribution in [3.8, 4) is 0 Å². The summed E-state index contributed by atoms with van der Waals surface area (Å²) in [4.78, 5) is 4.41. The topological polar surface area (TPSA) is 35.2 Å². The Morgan fingerprint density at radius 3 is 2.25 bits per heavy atom. The highest BCUT2D eigenvalue weighted by atomic mass is 35.5. The summed E-state index contributed by atoms with van der Waals surface area (Å²) in [5.74, 6) is 5.41. The van der Waals surface area contributed by atoms with E-state index in [9.17, 15) is 0 Å². The summed E-state index contributed by atoms with van der Waals surface area (Å²) >= 11 is 5.54. The predicted molar refractivity (Wildman–Crippen MR) is 34.6 cm³/mol. The lowest BCUT2D eigenvalue weighted by molar-refractivity contribution is 0.0737. The van der Waals surface area contributed by atoms with Gasteiger partial charge in [-0.3, -0.25) is 0 Å². The minimum atomic E-state index is 0.0102. The summed E-state index contributed by atoms with van der Waals surface area (Å²) in [5.41, 5.74) is 0.0102. The van der Waals surface area contributed by atoms with E-state index in [4.69, 9.17) is 17.5 Å². The molecule has 2 N–H and O–H groups in total. The summed E-state index contributed by atoms with van der Waals surface area (Å²) in [6.07, 6.45) is 0. The van der Waals surface area contributed by atoms with Crippen molar-refractivity contribution in [1.82, 2.24) is 0 Å². The van der Waals surface area contributed by atoms with Crippen LogP contribution in [0.5, 0.6) is 0 Å². The Bertz CT molecular complexity index is 65.4. The monoisotopic (exact) mass is 137 g/mol. The van der Waals surface area contributed by atoms with E-state index in [1.807, 2.05) is 13.8 Å². The maximum Gasteiger partial charge on any atom is 0.0741 e. The lowest BCUT2D eigenvalue weighted by Crippen LogP contribution is -2.22. The lowest BCUT2D eigenvalue weighted by atomic mass is 9.98. The van der Waals surface area contributed by atoms with Gasteiger partial charge >= 0.3 is 0 Å². The van der Waals surface area contributed by atoms with Crippen molar-refractivity contribution in [2.45, 2.75) is 13.8 Å². The van der Waals surface area contributed by atoms with E-state index in [0.29, 0.717) is 12.5 Å². The number of nitrogens with two attached hydrogens (primary N) is 1. The van der Waals surface area contributed by atoms with E-state index in [1.54, 1.807) is 0 Å². The molecule has 0 aliphatic rings. The molecule has 0 aromatic rings. The second-order valence-corrected chi connectivity index (χ2v) is 2.88. The normalized spacial score (nSPS) is 12.0. The molecule has 0 unspecified atom stereocenters. The highest BCUT2D eigenvalue weighted by Gasteiger charge is 2.15. The summed E-state index contributed by atoms with van der Waals surface area (Å²) < 4.78 is 0. The molecule has 8 heavy (non-hydrogen) atoms. The third-order valence-corrected chi connectivity index (χ3v) is 1.56. The van der Waals surface area contributed by atoms with Gasteiger partial charge in [0.1, 0.15) is 0 Å².